The topological polar surface area (TPSA) is 34.4 Å². The van der Waals surface area contributed by atoms with Crippen molar-refractivity contribution in [3.8, 4) is 5.75 Å². The van der Waals surface area contributed by atoms with Crippen molar-refractivity contribution >= 4 is 11.6 Å². The molecule has 2 aromatic rings. The third-order valence-electron chi connectivity index (χ3n) is 3.56. The SMILES string of the molecule is CCCNC(c1ccoc1Cl)c1c(C)cc(C)cc1OC. The Labute approximate surface area is 131 Å². The molecule has 0 aliphatic heterocycles. The Kier molecular flexibility index (Phi) is 5.32. The molecule has 1 aromatic heterocycles. The average molecular weight is 308 g/mol. The standard InChI is InChI=1S/C17H22ClNO2/c1-5-7-19-16(13-6-8-21-17(13)18)15-12(3)9-11(2)10-14(15)20-4/h6,8-10,16,19H,5,7H2,1-4H3. The third kappa shape index (κ3) is 3.42. The molecule has 0 fully saturated rings. The number of rotatable bonds is 6. The maximum absolute atomic E-state index is 6.20. The van der Waals surface area contributed by atoms with Gasteiger partial charge in [-0.1, -0.05) is 13.0 Å². The van der Waals surface area contributed by atoms with Gasteiger partial charge in [0.25, 0.3) is 0 Å². The minimum atomic E-state index is -0.0354. The Balaban J connectivity index is 2.54. The number of halogens is 1. The van der Waals surface area contributed by atoms with E-state index in [1.165, 1.54) is 11.1 Å². The summed E-state index contributed by atoms with van der Waals surface area (Å²) in [5.74, 6) is 0.873. The summed E-state index contributed by atoms with van der Waals surface area (Å²) in [6, 6.07) is 6.09. The number of nitrogens with one attached hydrogen (secondary N) is 1. The van der Waals surface area contributed by atoms with E-state index in [2.05, 4.69) is 38.2 Å². The van der Waals surface area contributed by atoms with E-state index in [1.54, 1.807) is 13.4 Å². The van der Waals surface area contributed by atoms with Gasteiger partial charge in [0, 0.05) is 11.1 Å². The van der Waals surface area contributed by atoms with Crippen LogP contribution in [-0.2, 0) is 0 Å². The minimum Gasteiger partial charge on any atom is -0.496 e. The zero-order chi connectivity index (χ0) is 15.4. The molecule has 3 nitrogen and oxygen atoms in total. The summed E-state index contributed by atoms with van der Waals surface area (Å²) in [6.07, 6.45) is 2.66. The van der Waals surface area contributed by atoms with Gasteiger partial charge in [0.05, 0.1) is 19.4 Å². The number of aryl methyl sites for hydroxylation is 2. The van der Waals surface area contributed by atoms with Crippen molar-refractivity contribution in [2.75, 3.05) is 13.7 Å². The molecule has 0 saturated carbocycles. The van der Waals surface area contributed by atoms with Gasteiger partial charge in [-0.3, -0.25) is 0 Å². The maximum atomic E-state index is 6.20. The van der Waals surface area contributed by atoms with Crippen LogP contribution >= 0.6 is 11.6 Å². The van der Waals surface area contributed by atoms with E-state index >= 15 is 0 Å². The second-order valence-corrected chi connectivity index (χ2v) is 5.58. The molecule has 0 bridgehead atoms. The van der Waals surface area contributed by atoms with Crippen LogP contribution in [0.25, 0.3) is 0 Å². The lowest BCUT2D eigenvalue weighted by Crippen LogP contribution is -2.24. The largest absolute Gasteiger partial charge is 0.496 e. The fourth-order valence-electron chi connectivity index (χ4n) is 2.65. The van der Waals surface area contributed by atoms with E-state index in [0.29, 0.717) is 5.22 Å². The van der Waals surface area contributed by atoms with E-state index in [9.17, 15) is 0 Å². The quantitative estimate of drug-likeness (QED) is 0.843. The van der Waals surface area contributed by atoms with Crippen molar-refractivity contribution in [3.05, 3.63) is 51.9 Å². The smallest absolute Gasteiger partial charge is 0.198 e. The molecule has 1 unspecified atom stereocenters. The van der Waals surface area contributed by atoms with Gasteiger partial charge in [0.2, 0.25) is 0 Å². The third-order valence-corrected chi connectivity index (χ3v) is 3.86. The molecule has 0 saturated heterocycles. The lowest BCUT2D eigenvalue weighted by Gasteiger charge is -2.23. The van der Waals surface area contributed by atoms with Crippen molar-refractivity contribution in [1.29, 1.82) is 0 Å². The number of ether oxygens (including phenoxy) is 1. The highest BCUT2D eigenvalue weighted by molar-refractivity contribution is 6.29. The van der Waals surface area contributed by atoms with Crippen LogP contribution in [0.4, 0.5) is 0 Å². The highest BCUT2D eigenvalue weighted by Crippen LogP contribution is 2.37. The molecule has 0 spiro atoms. The summed E-state index contributed by atoms with van der Waals surface area (Å²) < 4.78 is 10.9. The molecule has 1 atom stereocenters. The Morgan fingerprint density at radius 3 is 2.67 bits per heavy atom. The highest BCUT2D eigenvalue weighted by Gasteiger charge is 2.23. The lowest BCUT2D eigenvalue weighted by molar-refractivity contribution is 0.402. The van der Waals surface area contributed by atoms with E-state index in [-0.39, 0.29) is 6.04 Å². The first-order valence-corrected chi connectivity index (χ1v) is 7.57. The number of hydrogen-bond donors (Lipinski definition) is 1. The molecule has 21 heavy (non-hydrogen) atoms. The number of methoxy groups -OCH3 is 1. The van der Waals surface area contributed by atoms with Crippen LogP contribution < -0.4 is 10.1 Å². The Bertz CT molecular complexity index is 607. The summed E-state index contributed by atoms with van der Waals surface area (Å²) in [5.41, 5.74) is 4.41. The fraction of sp³-hybridized carbons (Fsp3) is 0.412. The molecule has 0 aliphatic carbocycles. The minimum absolute atomic E-state index is 0.0354. The molecule has 1 heterocycles. The highest BCUT2D eigenvalue weighted by atomic mass is 35.5. The van der Waals surface area contributed by atoms with Gasteiger partial charge in [0.1, 0.15) is 5.75 Å². The molecular weight excluding hydrogens is 286 g/mol. The molecule has 4 heteroatoms. The summed E-state index contributed by atoms with van der Waals surface area (Å²) >= 11 is 6.20. The molecule has 1 N–H and O–H groups in total. The second-order valence-electron chi connectivity index (χ2n) is 5.23. The normalized spacial score (nSPS) is 12.4. The van der Waals surface area contributed by atoms with Crippen LogP contribution in [0.1, 0.15) is 41.6 Å². The van der Waals surface area contributed by atoms with Crippen LogP contribution in [0.2, 0.25) is 5.22 Å². The molecular formula is C17H22ClNO2. The van der Waals surface area contributed by atoms with Crippen molar-refractivity contribution in [1.82, 2.24) is 5.32 Å². The van der Waals surface area contributed by atoms with E-state index in [0.717, 1.165) is 29.8 Å². The maximum Gasteiger partial charge on any atom is 0.198 e. The van der Waals surface area contributed by atoms with Crippen LogP contribution in [0.3, 0.4) is 0 Å². The van der Waals surface area contributed by atoms with Crippen molar-refractivity contribution in [2.24, 2.45) is 0 Å². The predicted molar refractivity (Wildman–Crippen MR) is 86.3 cm³/mol. The van der Waals surface area contributed by atoms with E-state index in [4.69, 9.17) is 20.8 Å². The fourth-order valence-corrected chi connectivity index (χ4v) is 2.87. The van der Waals surface area contributed by atoms with Crippen LogP contribution in [0.5, 0.6) is 5.75 Å². The molecule has 114 valence electrons. The van der Waals surface area contributed by atoms with Crippen molar-refractivity contribution in [3.63, 3.8) is 0 Å². The number of furan rings is 1. The first-order valence-electron chi connectivity index (χ1n) is 7.19. The number of hydrogen-bond acceptors (Lipinski definition) is 3. The van der Waals surface area contributed by atoms with E-state index in [1.807, 2.05) is 6.07 Å². The zero-order valence-corrected chi connectivity index (χ0v) is 13.8. The Morgan fingerprint density at radius 2 is 2.10 bits per heavy atom. The monoisotopic (exact) mass is 307 g/mol. The molecule has 0 amide bonds. The van der Waals surface area contributed by atoms with Gasteiger partial charge in [-0.15, -0.1) is 0 Å². The average Bonchev–Trinajstić information content (AvgIpc) is 2.86. The van der Waals surface area contributed by atoms with E-state index < -0.39 is 0 Å². The van der Waals surface area contributed by atoms with Crippen LogP contribution in [-0.4, -0.2) is 13.7 Å². The Hall–Kier alpha value is -1.45. The van der Waals surface area contributed by atoms with Gasteiger partial charge in [-0.2, -0.15) is 0 Å². The lowest BCUT2D eigenvalue weighted by atomic mass is 9.94. The van der Waals surface area contributed by atoms with Crippen LogP contribution in [0.15, 0.2) is 28.9 Å². The molecule has 1 aromatic carbocycles. The Morgan fingerprint density at radius 1 is 1.33 bits per heavy atom. The number of benzene rings is 1. The van der Waals surface area contributed by atoms with Gasteiger partial charge >= 0.3 is 0 Å². The first-order chi connectivity index (χ1) is 10.1. The molecule has 0 aliphatic rings. The zero-order valence-electron chi connectivity index (χ0n) is 13.0. The van der Waals surface area contributed by atoms with Gasteiger partial charge in [0.15, 0.2) is 5.22 Å². The van der Waals surface area contributed by atoms with Crippen LogP contribution in [0, 0.1) is 13.8 Å². The second kappa shape index (κ2) is 7.01. The van der Waals surface area contributed by atoms with Crippen molar-refractivity contribution in [2.45, 2.75) is 33.2 Å². The summed E-state index contributed by atoms with van der Waals surface area (Å²) in [5, 5.41) is 3.96. The van der Waals surface area contributed by atoms with Gasteiger partial charge in [-0.05, 0) is 61.7 Å². The van der Waals surface area contributed by atoms with Crippen molar-refractivity contribution < 1.29 is 9.15 Å². The summed E-state index contributed by atoms with van der Waals surface area (Å²) in [7, 11) is 1.70. The van der Waals surface area contributed by atoms with Gasteiger partial charge < -0.3 is 14.5 Å². The first kappa shape index (κ1) is 15.9. The predicted octanol–water partition coefficient (Wildman–Crippen LogP) is 4.65. The van der Waals surface area contributed by atoms with Gasteiger partial charge in [-0.25, -0.2) is 0 Å². The molecule has 2 rings (SSSR count). The molecule has 0 radical (unpaired) electrons. The summed E-state index contributed by atoms with van der Waals surface area (Å²) in [4.78, 5) is 0. The summed E-state index contributed by atoms with van der Waals surface area (Å²) in [6.45, 7) is 7.20.